The molecule has 1 aromatic rings. The number of amides is 1. The van der Waals surface area contributed by atoms with Crippen LogP contribution in [0.25, 0.3) is 0 Å². The maximum atomic E-state index is 11.8. The maximum Gasteiger partial charge on any atom is 0.242 e. The Labute approximate surface area is 171 Å². The van der Waals surface area contributed by atoms with Gasteiger partial charge in [-0.3, -0.25) is 4.79 Å². The summed E-state index contributed by atoms with van der Waals surface area (Å²) in [5.41, 5.74) is 6.92. The molecule has 1 aromatic carbocycles. The lowest BCUT2D eigenvalue weighted by Gasteiger charge is -2.36. The van der Waals surface area contributed by atoms with E-state index >= 15 is 0 Å². The van der Waals surface area contributed by atoms with Gasteiger partial charge in [0.25, 0.3) is 0 Å². The topological polar surface area (TPSA) is 74.0 Å². The monoisotopic (exact) mass is 479 g/mol. The van der Waals surface area contributed by atoms with Crippen LogP contribution in [0.3, 0.4) is 0 Å². The Bertz CT molecular complexity index is 592. The van der Waals surface area contributed by atoms with Gasteiger partial charge in [-0.25, -0.2) is 4.99 Å². The fourth-order valence-electron chi connectivity index (χ4n) is 2.56. The lowest BCUT2D eigenvalue weighted by atomic mass is 10.1. The second kappa shape index (κ2) is 9.47. The number of anilines is 1. The third-order valence-corrected chi connectivity index (χ3v) is 3.95. The molecule has 0 aromatic heterocycles. The van der Waals surface area contributed by atoms with Crippen LogP contribution < -0.4 is 16.0 Å². The number of aliphatic imine (C=N–C) groups is 1. The highest BCUT2D eigenvalue weighted by Gasteiger charge is 2.19. The van der Waals surface area contributed by atoms with Gasteiger partial charge in [-0.2, -0.15) is 0 Å². The molecule has 25 heavy (non-hydrogen) atoms. The third-order valence-electron chi connectivity index (χ3n) is 3.69. The molecular weight excluding hydrogens is 453 g/mol. The molecule has 6 nitrogen and oxygen atoms in total. The molecule has 1 amide bonds. The number of benzene rings is 1. The Morgan fingerprint density at radius 2 is 1.76 bits per heavy atom. The number of hydrogen-bond donors (Lipinski definition) is 2. The molecule has 1 heterocycles. The molecule has 1 fully saturated rings. The van der Waals surface area contributed by atoms with E-state index in [1.54, 1.807) is 0 Å². The van der Waals surface area contributed by atoms with E-state index in [9.17, 15) is 4.79 Å². The summed E-state index contributed by atoms with van der Waals surface area (Å²) in [6, 6.07) is 7.83. The molecule has 0 aliphatic carbocycles. The van der Waals surface area contributed by atoms with E-state index in [1.165, 1.54) is 0 Å². The van der Waals surface area contributed by atoms with Gasteiger partial charge in [0, 0.05) is 42.4 Å². The molecule has 0 bridgehead atoms. The minimum absolute atomic E-state index is 0. The van der Waals surface area contributed by atoms with Crippen molar-refractivity contribution in [1.82, 2.24) is 10.2 Å². The van der Waals surface area contributed by atoms with Crippen molar-refractivity contribution < 1.29 is 4.79 Å². The van der Waals surface area contributed by atoms with Crippen molar-refractivity contribution in [3.8, 4) is 0 Å². The zero-order valence-electron chi connectivity index (χ0n) is 15.0. The summed E-state index contributed by atoms with van der Waals surface area (Å²) in [6.45, 7) is 9.13. The molecule has 0 radical (unpaired) electrons. The average molecular weight is 480 g/mol. The molecule has 8 heteroatoms. The summed E-state index contributed by atoms with van der Waals surface area (Å²) < 4.78 is 0. The van der Waals surface area contributed by atoms with Crippen LogP contribution in [0.4, 0.5) is 5.69 Å². The van der Waals surface area contributed by atoms with E-state index in [-0.39, 0.29) is 42.0 Å². The normalized spacial score (nSPS) is 15.6. The molecule has 2 rings (SSSR count). The zero-order valence-corrected chi connectivity index (χ0v) is 18.0. The Kier molecular flexibility index (Phi) is 8.27. The first-order valence-electron chi connectivity index (χ1n) is 8.11. The van der Waals surface area contributed by atoms with E-state index in [4.69, 9.17) is 17.3 Å². The first-order valence-corrected chi connectivity index (χ1v) is 8.49. The summed E-state index contributed by atoms with van der Waals surface area (Å²) in [7, 11) is 0. The van der Waals surface area contributed by atoms with Gasteiger partial charge in [0.2, 0.25) is 5.91 Å². The Hall–Kier alpha value is -1.22. The van der Waals surface area contributed by atoms with E-state index in [0.29, 0.717) is 5.96 Å². The fraction of sp³-hybridized carbons (Fsp3) is 0.529. The number of hydrogen-bond acceptors (Lipinski definition) is 3. The van der Waals surface area contributed by atoms with Crippen molar-refractivity contribution in [2.45, 2.75) is 26.3 Å². The minimum Gasteiger partial charge on any atom is -0.370 e. The number of carbonyl (C=O) groups excluding carboxylic acids is 1. The van der Waals surface area contributed by atoms with Crippen molar-refractivity contribution in [2.75, 3.05) is 37.6 Å². The molecule has 1 aliphatic heterocycles. The van der Waals surface area contributed by atoms with Gasteiger partial charge in [-0.1, -0.05) is 11.6 Å². The number of nitrogens with one attached hydrogen (secondary N) is 1. The lowest BCUT2D eigenvalue weighted by molar-refractivity contribution is -0.121. The van der Waals surface area contributed by atoms with Crippen molar-refractivity contribution in [1.29, 1.82) is 0 Å². The molecule has 140 valence electrons. The van der Waals surface area contributed by atoms with Crippen molar-refractivity contribution in [3.63, 3.8) is 0 Å². The quantitative estimate of drug-likeness (QED) is 0.396. The highest BCUT2D eigenvalue weighted by atomic mass is 127. The Morgan fingerprint density at radius 3 is 2.28 bits per heavy atom. The van der Waals surface area contributed by atoms with E-state index < -0.39 is 0 Å². The maximum absolute atomic E-state index is 11.8. The summed E-state index contributed by atoms with van der Waals surface area (Å²) in [5, 5.41) is 3.61. The summed E-state index contributed by atoms with van der Waals surface area (Å²) in [5.74, 6) is 0.306. The predicted octanol–water partition coefficient (Wildman–Crippen LogP) is 2.31. The average Bonchev–Trinajstić information content (AvgIpc) is 2.52. The number of guanidine groups is 1. The first kappa shape index (κ1) is 21.8. The molecule has 0 unspecified atom stereocenters. The van der Waals surface area contributed by atoms with Crippen molar-refractivity contribution in [2.24, 2.45) is 10.7 Å². The number of nitrogens with two attached hydrogens (primary N) is 1. The Balaban J connectivity index is 0.00000312. The van der Waals surface area contributed by atoms with Crippen LogP contribution in [0, 0.1) is 0 Å². The number of carbonyl (C=O) groups is 1. The van der Waals surface area contributed by atoms with Crippen LogP contribution in [-0.2, 0) is 4.79 Å². The second-order valence-corrected chi connectivity index (χ2v) is 7.36. The minimum atomic E-state index is -0.258. The lowest BCUT2D eigenvalue weighted by Crippen LogP contribution is -2.51. The van der Waals surface area contributed by atoms with Gasteiger partial charge < -0.3 is 20.9 Å². The summed E-state index contributed by atoms with van der Waals surface area (Å²) in [4.78, 5) is 20.3. The van der Waals surface area contributed by atoms with Gasteiger partial charge in [0.05, 0.1) is 0 Å². The zero-order chi connectivity index (χ0) is 17.7. The van der Waals surface area contributed by atoms with Crippen LogP contribution in [-0.4, -0.2) is 55.0 Å². The van der Waals surface area contributed by atoms with Crippen LogP contribution in [0.1, 0.15) is 20.8 Å². The number of halogens is 2. The van der Waals surface area contributed by atoms with Gasteiger partial charge in [-0.15, -0.1) is 24.0 Å². The molecular formula is C17H27ClIN5O. The molecule has 1 saturated heterocycles. The molecule has 0 spiro atoms. The van der Waals surface area contributed by atoms with Gasteiger partial charge in [-0.05, 0) is 45.0 Å². The number of rotatable bonds is 3. The predicted molar refractivity (Wildman–Crippen MR) is 115 cm³/mol. The second-order valence-electron chi connectivity index (χ2n) is 6.92. The number of piperazine rings is 1. The van der Waals surface area contributed by atoms with E-state index in [1.807, 2.05) is 49.9 Å². The van der Waals surface area contributed by atoms with Crippen LogP contribution in [0.5, 0.6) is 0 Å². The van der Waals surface area contributed by atoms with Crippen LogP contribution in [0.15, 0.2) is 29.3 Å². The summed E-state index contributed by atoms with van der Waals surface area (Å²) in [6.07, 6.45) is 0. The van der Waals surface area contributed by atoms with Crippen LogP contribution >= 0.6 is 35.6 Å². The van der Waals surface area contributed by atoms with Gasteiger partial charge >= 0.3 is 0 Å². The highest BCUT2D eigenvalue weighted by Crippen LogP contribution is 2.19. The van der Waals surface area contributed by atoms with Gasteiger partial charge in [0.15, 0.2) is 5.96 Å². The van der Waals surface area contributed by atoms with Gasteiger partial charge in [0.1, 0.15) is 6.54 Å². The molecule has 1 aliphatic rings. The van der Waals surface area contributed by atoms with Crippen LogP contribution in [0.2, 0.25) is 5.02 Å². The SMILES string of the molecule is CC(C)(C)NC(=O)CN=C(N)N1CCN(c2ccc(Cl)cc2)CC1.I. The third kappa shape index (κ3) is 7.27. The molecule has 3 N–H and O–H groups in total. The largest absolute Gasteiger partial charge is 0.370 e. The molecule has 0 saturated carbocycles. The summed E-state index contributed by atoms with van der Waals surface area (Å²) >= 11 is 5.92. The standard InChI is InChI=1S/C17H26ClN5O.HI/c1-17(2,3)21-15(24)12-20-16(19)23-10-8-22(9-11-23)14-6-4-13(18)5-7-14;/h4-7H,8-12H2,1-3H3,(H2,19,20)(H,21,24);1H. The fourth-order valence-corrected chi connectivity index (χ4v) is 2.68. The van der Waals surface area contributed by atoms with E-state index in [0.717, 1.165) is 36.9 Å². The molecule has 0 atom stereocenters. The van der Waals surface area contributed by atoms with E-state index in [2.05, 4.69) is 15.2 Å². The highest BCUT2D eigenvalue weighted by molar-refractivity contribution is 14.0. The van der Waals surface area contributed by atoms with Crippen molar-refractivity contribution in [3.05, 3.63) is 29.3 Å². The van der Waals surface area contributed by atoms with Crippen molar-refractivity contribution >= 4 is 53.1 Å². The smallest absolute Gasteiger partial charge is 0.242 e. The Morgan fingerprint density at radius 1 is 1.20 bits per heavy atom. The first-order chi connectivity index (χ1) is 11.2. The number of nitrogens with zero attached hydrogens (tertiary/aromatic N) is 3.